The van der Waals surface area contributed by atoms with Crippen molar-refractivity contribution in [1.82, 2.24) is 19.7 Å². The number of esters is 1. The van der Waals surface area contributed by atoms with Crippen molar-refractivity contribution in [2.24, 2.45) is 0 Å². The number of hydrogen-bond acceptors (Lipinski definition) is 8. The van der Waals surface area contributed by atoms with E-state index in [1.54, 1.807) is 24.3 Å². The third kappa shape index (κ3) is 7.45. The van der Waals surface area contributed by atoms with E-state index < -0.39 is 5.97 Å². The van der Waals surface area contributed by atoms with E-state index in [1.807, 2.05) is 23.6 Å². The normalized spacial score (nSPS) is 13.9. The van der Waals surface area contributed by atoms with Crippen molar-refractivity contribution in [3.05, 3.63) is 63.9 Å². The minimum Gasteiger partial charge on any atom is -0.462 e. The highest BCUT2D eigenvalue weighted by molar-refractivity contribution is 7.99. The predicted molar refractivity (Wildman–Crippen MR) is 144 cm³/mol. The van der Waals surface area contributed by atoms with E-state index in [2.05, 4.69) is 20.4 Å². The molecule has 12 heteroatoms. The lowest BCUT2D eigenvalue weighted by Crippen LogP contribution is -2.36. The number of amides is 1. The Morgan fingerprint density at radius 2 is 1.86 bits per heavy atom. The number of rotatable bonds is 10. The molecule has 0 radical (unpaired) electrons. The Balaban J connectivity index is 1.46. The zero-order chi connectivity index (χ0) is 26.2. The van der Waals surface area contributed by atoms with Gasteiger partial charge in [-0.25, -0.2) is 4.79 Å². The highest BCUT2D eigenvalue weighted by atomic mass is 35.5. The van der Waals surface area contributed by atoms with Crippen LogP contribution in [0.25, 0.3) is 5.69 Å². The van der Waals surface area contributed by atoms with Crippen molar-refractivity contribution in [3.8, 4) is 5.69 Å². The van der Waals surface area contributed by atoms with Crippen LogP contribution in [0.1, 0.15) is 29.5 Å². The molecule has 0 spiro atoms. The molecule has 1 N–H and O–H groups in total. The van der Waals surface area contributed by atoms with Crippen LogP contribution in [0.2, 0.25) is 10.0 Å². The number of morpholine rings is 1. The van der Waals surface area contributed by atoms with Crippen LogP contribution in [0.15, 0.2) is 47.6 Å². The zero-order valence-corrected chi connectivity index (χ0v) is 22.6. The number of thioether (sulfide) groups is 1. The van der Waals surface area contributed by atoms with Gasteiger partial charge in [-0.15, -0.1) is 10.2 Å². The van der Waals surface area contributed by atoms with Gasteiger partial charge in [-0.3, -0.25) is 14.3 Å². The van der Waals surface area contributed by atoms with Gasteiger partial charge in [-0.1, -0.05) is 41.9 Å². The molecule has 0 atom stereocenters. The molecular weight excluding hydrogens is 537 g/mol. The topological polar surface area (TPSA) is 98.6 Å². The first kappa shape index (κ1) is 27.4. The third-order valence-electron chi connectivity index (χ3n) is 5.49. The molecule has 1 aliphatic rings. The molecule has 1 fully saturated rings. The number of benzene rings is 2. The quantitative estimate of drug-likeness (QED) is 0.280. The predicted octanol–water partition coefficient (Wildman–Crippen LogP) is 4.70. The minimum atomic E-state index is -0.527. The summed E-state index contributed by atoms with van der Waals surface area (Å²) >= 11 is 13.5. The lowest BCUT2D eigenvalue weighted by atomic mass is 10.2. The van der Waals surface area contributed by atoms with Crippen molar-refractivity contribution < 1.29 is 19.1 Å². The summed E-state index contributed by atoms with van der Waals surface area (Å²) in [6.07, 6.45) is 0.700. The maximum absolute atomic E-state index is 12.8. The number of nitrogens with zero attached hydrogens (tertiary/aromatic N) is 4. The monoisotopic (exact) mass is 563 g/mol. The molecule has 2 heterocycles. The molecule has 3 aromatic rings. The van der Waals surface area contributed by atoms with Gasteiger partial charge in [-0.2, -0.15) is 0 Å². The Hall–Kier alpha value is -2.63. The van der Waals surface area contributed by atoms with E-state index in [0.29, 0.717) is 48.7 Å². The summed E-state index contributed by atoms with van der Waals surface area (Å²) in [5.74, 6) is 0.0588. The van der Waals surface area contributed by atoms with Gasteiger partial charge in [0.2, 0.25) is 5.91 Å². The van der Waals surface area contributed by atoms with Gasteiger partial charge >= 0.3 is 5.97 Å². The first-order valence-corrected chi connectivity index (χ1v) is 13.6. The minimum absolute atomic E-state index is 0.0848. The van der Waals surface area contributed by atoms with Crippen molar-refractivity contribution in [2.45, 2.75) is 25.0 Å². The maximum Gasteiger partial charge on any atom is 0.339 e. The molecule has 0 saturated carbocycles. The Morgan fingerprint density at radius 1 is 1.11 bits per heavy atom. The SMILES string of the molecule is CCCOC(=O)c1cc(NC(=O)CSc2nnc(CN3CCOCC3)n2-c2ccc(Cl)cc2)ccc1Cl. The smallest absolute Gasteiger partial charge is 0.339 e. The lowest BCUT2D eigenvalue weighted by molar-refractivity contribution is -0.113. The van der Waals surface area contributed by atoms with Gasteiger partial charge in [0.15, 0.2) is 11.0 Å². The summed E-state index contributed by atoms with van der Waals surface area (Å²) in [6, 6.07) is 12.1. The van der Waals surface area contributed by atoms with E-state index in [-0.39, 0.29) is 22.2 Å². The average molecular weight is 564 g/mol. The number of anilines is 1. The number of carbonyl (C=O) groups excluding carboxylic acids is 2. The molecule has 1 aromatic heterocycles. The number of nitrogens with one attached hydrogen (secondary N) is 1. The van der Waals surface area contributed by atoms with Crippen LogP contribution in [0, 0.1) is 0 Å². The van der Waals surface area contributed by atoms with Crippen molar-refractivity contribution in [2.75, 3.05) is 44.0 Å². The summed E-state index contributed by atoms with van der Waals surface area (Å²) in [7, 11) is 0. The van der Waals surface area contributed by atoms with E-state index in [4.69, 9.17) is 32.7 Å². The third-order valence-corrected chi connectivity index (χ3v) is 7.00. The maximum atomic E-state index is 12.8. The summed E-state index contributed by atoms with van der Waals surface area (Å²) in [5.41, 5.74) is 1.51. The summed E-state index contributed by atoms with van der Waals surface area (Å²) < 4.78 is 12.6. The molecule has 1 aliphatic heterocycles. The second kappa shape index (κ2) is 13.3. The van der Waals surface area contributed by atoms with Crippen LogP contribution in [0.5, 0.6) is 0 Å². The van der Waals surface area contributed by atoms with E-state index in [0.717, 1.165) is 24.6 Å². The van der Waals surface area contributed by atoms with Crippen molar-refractivity contribution >= 4 is 52.5 Å². The van der Waals surface area contributed by atoms with Crippen molar-refractivity contribution in [3.63, 3.8) is 0 Å². The number of halogens is 2. The van der Waals surface area contributed by atoms with Gasteiger partial charge in [-0.05, 0) is 48.9 Å². The van der Waals surface area contributed by atoms with Gasteiger partial charge in [0.1, 0.15) is 0 Å². The molecule has 9 nitrogen and oxygen atoms in total. The second-order valence-corrected chi connectivity index (χ2v) is 10.1. The Labute approximate surface area is 229 Å². The fourth-order valence-electron chi connectivity index (χ4n) is 3.66. The van der Waals surface area contributed by atoms with Crippen LogP contribution in [0.4, 0.5) is 5.69 Å². The van der Waals surface area contributed by atoms with E-state index >= 15 is 0 Å². The standard InChI is InChI=1S/C25H27Cl2N5O4S/c1-2-11-36-24(34)20-14-18(5-8-21(20)27)28-23(33)16-37-25-30-29-22(15-31-9-12-35-13-10-31)32(25)19-6-3-17(26)4-7-19/h3-8,14H,2,9-13,15-16H2,1H3,(H,28,33). The van der Waals surface area contributed by atoms with Gasteiger partial charge in [0.25, 0.3) is 0 Å². The number of ether oxygens (including phenoxy) is 2. The second-order valence-electron chi connectivity index (χ2n) is 8.27. The van der Waals surface area contributed by atoms with Gasteiger partial charge in [0.05, 0.1) is 42.7 Å². The largest absolute Gasteiger partial charge is 0.462 e. The van der Waals surface area contributed by atoms with E-state index in [9.17, 15) is 9.59 Å². The van der Waals surface area contributed by atoms with Gasteiger partial charge in [0, 0.05) is 29.5 Å². The fraction of sp³-hybridized carbons (Fsp3) is 0.360. The van der Waals surface area contributed by atoms with Gasteiger partial charge < -0.3 is 14.8 Å². The van der Waals surface area contributed by atoms with Crippen LogP contribution < -0.4 is 5.32 Å². The Kier molecular flexibility index (Phi) is 9.81. The molecule has 0 aliphatic carbocycles. The van der Waals surface area contributed by atoms with Crippen LogP contribution in [0.3, 0.4) is 0 Å². The highest BCUT2D eigenvalue weighted by Crippen LogP contribution is 2.26. The summed E-state index contributed by atoms with van der Waals surface area (Å²) in [5, 5.41) is 13.1. The van der Waals surface area contributed by atoms with E-state index in [1.165, 1.54) is 17.8 Å². The summed E-state index contributed by atoms with van der Waals surface area (Å²) in [4.78, 5) is 27.3. The number of aromatic nitrogens is 3. The first-order chi connectivity index (χ1) is 17.9. The molecule has 1 amide bonds. The summed E-state index contributed by atoms with van der Waals surface area (Å²) in [6.45, 7) is 5.79. The number of hydrogen-bond donors (Lipinski definition) is 1. The zero-order valence-electron chi connectivity index (χ0n) is 20.3. The Morgan fingerprint density at radius 3 is 2.59 bits per heavy atom. The molecular formula is C25H27Cl2N5O4S. The molecule has 4 rings (SSSR count). The molecule has 0 bridgehead atoms. The highest BCUT2D eigenvalue weighted by Gasteiger charge is 2.20. The van der Waals surface area contributed by atoms with Crippen LogP contribution >= 0.6 is 35.0 Å². The fourth-order valence-corrected chi connectivity index (χ4v) is 4.76. The van der Waals surface area contributed by atoms with Crippen LogP contribution in [-0.2, 0) is 20.8 Å². The molecule has 2 aromatic carbocycles. The number of carbonyl (C=O) groups is 2. The Bertz CT molecular complexity index is 1230. The first-order valence-electron chi connectivity index (χ1n) is 11.8. The molecule has 0 unspecified atom stereocenters. The lowest BCUT2D eigenvalue weighted by Gasteiger charge is -2.26. The van der Waals surface area contributed by atoms with Crippen LogP contribution in [-0.4, -0.2) is 70.2 Å². The molecule has 1 saturated heterocycles. The molecule has 37 heavy (non-hydrogen) atoms. The average Bonchev–Trinajstić information content (AvgIpc) is 3.30. The molecule has 196 valence electrons. The van der Waals surface area contributed by atoms with Crippen molar-refractivity contribution in [1.29, 1.82) is 0 Å².